The summed E-state index contributed by atoms with van der Waals surface area (Å²) in [6.45, 7) is 2.28. The molecule has 1 heterocycles. The van der Waals surface area contributed by atoms with Gasteiger partial charge in [0.05, 0.1) is 30.4 Å². The highest BCUT2D eigenvalue weighted by molar-refractivity contribution is 6.30. The molecule has 0 aliphatic carbocycles. The summed E-state index contributed by atoms with van der Waals surface area (Å²) in [5, 5.41) is 0.484. The van der Waals surface area contributed by atoms with Crippen molar-refractivity contribution in [3.8, 4) is 0 Å². The second kappa shape index (κ2) is 5.65. The summed E-state index contributed by atoms with van der Waals surface area (Å²) in [7, 11) is 3.18. The molecular formula is C10H14ClN3O2. The molecule has 0 aliphatic rings. The highest BCUT2D eigenvalue weighted by Crippen LogP contribution is 2.10. The van der Waals surface area contributed by atoms with Crippen LogP contribution in [0.4, 0.5) is 5.95 Å². The molecule has 1 rings (SSSR count). The molecule has 0 bridgehead atoms. The topological polar surface area (TPSA) is 55.3 Å². The third kappa shape index (κ3) is 3.34. The quantitative estimate of drug-likeness (QED) is 0.748. The van der Waals surface area contributed by atoms with Gasteiger partial charge in [-0.15, -0.1) is 0 Å². The van der Waals surface area contributed by atoms with E-state index in [1.54, 1.807) is 11.8 Å². The summed E-state index contributed by atoms with van der Waals surface area (Å²) < 4.78 is 4.64. The van der Waals surface area contributed by atoms with Crippen LogP contribution < -0.4 is 4.90 Å². The fraction of sp³-hybridized carbons (Fsp3) is 0.500. The van der Waals surface area contributed by atoms with Gasteiger partial charge < -0.3 is 9.64 Å². The van der Waals surface area contributed by atoms with Crippen molar-refractivity contribution in [2.24, 2.45) is 5.92 Å². The maximum Gasteiger partial charge on any atom is 0.310 e. The third-order valence-electron chi connectivity index (χ3n) is 2.10. The van der Waals surface area contributed by atoms with Crippen LogP contribution in [-0.2, 0) is 9.53 Å². The lowest BCUT2D eigenvalue weighted by Crippen LogP contribution is -2.30. The van der Waals surface area contributed by atoms with Crippen LogP contribution in [0.25, 0.3) is 0 Å². The molecule has 5 nitrogen and oxygen atoms in total. The number of halogens is 1. The van der Waals surface area contributed by atoms with Gasteiger partial charge in [0.25, 0.3) is 0 Å². The first-order valence-corrected chi connectivity index (χ1v) is 5.19. The van der Waals surface area contributed by atoms with Crippen LogP contribution in [0.1, 0.15) is 6.92 Å². The van der Waals surface area contributed by atoms with E-state index in [-0.39, 0.29) is 11.9 Å². The number of nitrogens with zero attached hydrogens (tertiary/aromatic N) is 3. The maximum atomic E-state index is 11.2. The zero-order chi connectivity index (χ0) is 12.1. The Balaban J connectivity index is 2.61. The van der Waals surface area contributed by atoms with Gasteiger partial charge >= 0.3 is 5.97 Å². The molecule has 16 heavy (non-hydrogen) atoms. The van der Waals surface area contributed by atoms with Gasteiger partial charge in [-0.05, 0) is 0 Å². The van der Waals surface area contributed by atoms with Gasteiger partial charge in [-0.3, -0.25) is 4.79 Å². The number of carbonyl (C=O) groups excluding carboxylic acids is 1. The van der Waals surface area contributed by atoms with Crippen molar-refractivity contribution < 1.29 is 9.53 Å². The van der Waals surface area contributed by atoms with Gasteiger partial charge in [0, 0.05) is 13.6 Å². The summed E-state index contributed by atoms with van der Waals surface area (Å²) in [6.07, 6.45) is 3.03. The number of hydrogen-bond donors (Lipinski definition) is 0. The summed E-state index contributed by atoms with van der Waals surface area (Å²) in [4.78, 5) is 21.1. The van der Waals surface area contributed by atoms with Crippen LogP contribution in [0.5, 0.6) is 0 Å². The molecule has 0 aromatic carbocycles. The van der Waals surface area contributed by atoms with Crippen LogP contribution >= 0.6 is 11.6 Å². The molecular weight excluding hydrogens is 230 g/mol. The fourth-order valence-electron chi connectivity index (χ4n) is 1.27. The molecule has 0 amide bonds. The van der Waals surface area contributed by atoms with Crippen LogP contribution in [0.2, 0.25) is 5.02 Å². The average molecular weight is 244 g/mol. The molecule has 88 valence electrons. The molecule has 1 atom stereocenters. The lowest BCUT2D eigenvalue weighted by molar-refractivity contribution is -0.144. The van der Waals surface area contributed by atoms with E-state index in [9.17, 15) is 4.79 Å². The highest BCUT2D eigenvalue weighted by Gasteiger charge is 2.16. The van der Waals surface area contributed by atoms with E-state index in [0.717, 1.165) is 0 Å². The summed E-state index contributed by atoms with van der Waals surface area (Å²) in [5.41, 5.74) is 0. The first-order chi connectivity index (χ1) is 7.54. The van der Waals surface area contributed by atoms with Gasteiger partial charge in [0.2, 0.25) is 5.95 Å². The van der Waals surface area contributed by atoms with Crippen molar-refractivity contribution in [1.82, 2.24) is 9.97 Å². The Morgan fingerprint density at radius 1 is 1.56 bits per heavy atom. The minimum atomic E-state index is -0.249. The molecule has 0 aliphatic heterocycles. The highest BCUT2D eigenvalue weighted by atomic mass is 35.5. The summed E-state index contributed by atoms with van der Waals surface area (Å²) >= 11 is 5.68. The summed E-state index contributed by atoms with van der Waals surface area (Å²) in [6, 6.07) is 0. The number of rotatable bonds is 4. The summed E-state index contributed by atoms with van der Waals surface area (Å²) in [5.74, 6) is 0.0512. The predicted octanol–water partition coefficient (Wildman–Crippen LogP) is 1.38. The predicted molar refractivity (Wildman–Crippen MR) is 61.5 cm³/mol. The van der Waals surface area contributed by atoms with Gasteiger partial charge in [-0.2, -0.15) is 0 Å². The van der Waals surface area contributed by atoms with Gasteiger partial charge in [-0.25, -0.2) is 9.97 Å². The van der Waals surface area contributed by atoms with Gasteiger partial charge in [0.15, 0.2) is 0 Å². The van der Waals surface area contributed by atoms with Crippen molar-refractivity contribution in [1.29, 1.82) is 0 Å². The average Bonchev–Trinajstić information content (AvgIpc) is 2.28. The number of aromatic nitrogens is 2. The molecule has 1 aromatic rings. The Morgan fingerprint density at radius 2 is 2.12 bits per heavy atom. The zero-order valence-electron chi connectivity index (χ0n) is 9.48. The minimum absolute atomic E-state index is 0.228. The standard InChI is InChI=1S/C10H14ClN3O2/c1-7(9(15)16-3)6-14(2)10-12-4-8(11)5-13-10/h4-5,7H,6H2,1-3H3/t7-/m0/s1. The molecule has 6 heteroatoms. The number of methoxy groups -OCH3 is 1. The van der Waals surface area contributed by atoms with Crippen LogP contribution in [-0.4, -0.2) is 36.6 Å². The molecule has 0 N–H and O–H groups in total. The van der Waals surface area contributed by atoms with E-state index in [1.807, 2.05) is 7.05 Å². The normalized spacial score (nSPS) is 12.0. The van der Waals surface area contributed by atoms with Crippen LogP contribution in [0.15, 0.2) is 12.4 Å². The first kappa shape index (κ1) is 12.7. The van der Waals surface area contributed by atoms with E-state index in [1.165, 1.54) is 19.5 Å². The van der Waals surface area contributed by atoms with Gasteiger partial charge in [-0.1, -0.05) is 18.5 Å². The van der Waals surface area contributed by atoms with Crippen molar-refractivity contribution >= 4 is 23.5 Å². The van der Waals surface area contributed by atoms with E-state index in [0.29, 0.717) is 17.5 Å². The Morgan fingerprint density at radius 3 is 2.62 bits per heavy atom. The van der Waals surface area contributed by atoms with Crippen molar-refractivity contribution in [3.05, 3.63) is 17.4 Å². The molecule has 0 saturated carbocycles. The SMILES string of the molecule is COC(=O)[C@@H](C)CN(C)c1ncc(Cl)cn1. The van der Waals surface area contributed by atoms with Crippen molar-refractivity contribution in [3.63, 3.8) is 0 Å². The van der Waals surface area contributed by atoms with Gasteiger partial charge in [0.1, 0.15) is 0 Å². The number of esters is 1. The Bertz CT molecular complexity index is 356. The van der Waals surface area contributed by atoms with E-state index in [2.05, 4.69) is 14.7 Å². The van der Waals surface area contributed by atoms with E-state index in [4.69, 9.17) is 11.6 Å². The number of hydrogen-bond acceptors (Lipinski definition) is 5. The van der Waals surface area contributed by atoms with Crippen molar-refractivity contribution in [2.45, 2.75) is 6.92 Å². The Hall–Kier alpha value is -1.36. The number of ether oxygens (including phenoxy) is 1. The molecule has 0 fully saturated rings. The van der Waals surface area contributed by atoms with E-state index < -0.39 is 0 Å². The molecule has 0 unspecified atom stereocenters. The first-order valence-electron chi connectivity index (χ1n) is 4.81. The monoisotopic (exact) mass is 243 g/mol. The second-order valence-corrected chi connectivity index (χ2v) is 3.94. The molecule has 0 saturated heterocycles. The minimum Gasteiger partial charge on any atom is -0.469 e. The zero-order valence-corrected chi connectivity index (χ0v) is 10.2. The Labute approximate surface area is 99.4 Å². The maximum absolute atomic E-state index is 11.2. The van der Waals surface area contributed by atoms with Crippen molar-refractivity contribution in [2.75, 3.05) is 25.6 Å². The smallest absolute Gasteiger partial charge is 0.310 e. The molecule has 1 aromatic heterocycles. The van der Waals surface area contributed by atoms with E-state index >= 15 is 0 Å². The number of carbonyl (C=O) groups is 1. The lowest BCUT2D eigenvalue weighted by atomic mass is 10.2. The fourth-order valence-corrected chi connectivity index (χ4v) is 1.37. The Kier molecular flexibility index (Phi) is 4.49. The number of anilines is 1. The third-order valence-corrected chi connectivity index (χ3v) is 2.29. The lowest BCUT2D eigenvalue weighted by Gasteiger charge is -2.19. The largest absolute Gasteiger partial charge is 0.469 e. The second-order valence-electron chi connectivity index (χ2n) is 3.51. The van der Waals surface area contributed by atoms with Crippen LogP contribution in [0.3, 0.4) is 0 Å². The molecule has 0 spiro atoms. The van der Waals surface area contributed by atoms with Crippen LogP contribution in [0, 0.1) is 5.92 Å². The molecule has 0 radical (unpaired) electrons.